The van der Waals surface area contributed by atoms with Gasteiger partial charge in [-0.3, -0.25) is 0 Å². The van der Waals surface area contributed by atoms with Crippen molar-refractivity contribution in [3.63, 3.8) is 0 Å². The monoisotopic (exact) mass is 175 g/mol. The van der Waals surface area contributed by atoms with Crippen molar-refractivity contribution in [1.29, 1.82) is 5.26 Å². The molecule has 1 aromatic rings. The minimum atomic E-state index is 0.314. The fourth-order valence-electron chi connectivity index (χ4n) is 1.23. The first kappa shape index (κ1) is 9.60. The lowest BCUT2D eigenvalue weighted by Crippen LogP contribution is -1.87. The summed E-state index contributed by atoms with van der Waals surface area (Å²) >= 11 is 0. The van der Waals surface area contributed by atoms with Crippen molar-refractivity contribution in [3.8, 4) is 11.8 Å². The molecule has 0 radical (unpaired) electrons. The second-order valence-corrected chi connectivity index (χ2v) is 2.97. The number of phenolic OH excluding ortho intramolecular Hbond substituents is 1. The Hall–Kier alpha value is -1.49. The number of benzene rings is 1. The van der Waals surface area contributed by atoms with Crippen LogP contribution in [0.5, 0.6) is 5.75 Å². The van der Waals surface area contributed by atoms with Crippen molar-refractivity contribution in [2.75, 3.05) is 0 Å². The van der Waals surface area contributed by atoms with Crippen LogP contribution in [-0.4, -0.2) is 5.11 Å². The number of phenols is 1. The number of hydrogen-bond acceptors (Lipinski definition) is 2. The van der Waals surface area contributed by atoms with Crippen molar-refractivity contribution in [2.45, 2.75) is 26.2 Å². The SMILES string of the molecule is CCc1ccc(CCC#N)c(O)c1. The summed E-state index contributed by atoms with van der Waals surface area (Å²) in [4.78, 5) is 0. The molecule has 68 valence electrons. The molecule has 0 aliphatic carbocycles. The summed E-state index contributed by atoms with van der Waals surface area (Å²) in [7, 11) is 0. The van der Waals surface area contributed by atoms with Gasteiger partial charge in [-0.1, -0.05) is 19.1 Å². The number of nitrogens with zero attached hydrogens (tertiary/aromatic N) is 1. The second kappa shape index (κ2) is 4.51. The zero-order valence-corrected chi connectivity index (χ0v) is 7.75. The Morgan fingerprint density at radius 2 is 2.23 bits per heavy atom. The summed E-state index contributed by atoms with van der Waals surface area (Å²) in [5, 5.41) is 17.9. The minimum Gasteiger partial charge on any atom is -0.508 e. The summed E-state index contributed by atoms with van der Waals surface area (Å²) in [5.41, 5.74) is 1.98. The Bertz CT molecular complexity index is 325. The molecular weight excluding hydrogens is 162 g/mol. The largest absolute Gasteiger partial charge is 0.508 e. The van der Waals surface area contributed by atoms with Gasteiger partial charge in [0.15, 0.2) is 0 Å². The van der Waals surface area contributed by atoms with Gasteiger partial charge in [-0.25, -0.2) is 0 Å². The standard InChI is InChI=1S/C11H13NO/c1-2-9-5-6-10(4-3-7-12)11(13)8-9/h5-6,8,13H,2-4H2,1H3. The van der Waals surface area contributed by atoms with E-state index in [0.717, 1.165) is 17.5 Å². The molecule has 13 heavy (non-hydrogen) atoms. The first-order valence-corrected chi connectivity index (χ1v) is 4.45. The third-order valence-electron chi connectivity index (χ3n) is 2.06. The maximum absolute atomic E-state index is 9.54. The number of aromatic hydroxyl groups is 1. The Morgan fingerprint density at radius 1 is 1.46 bits per heavy atom. The van der Waals surface area contributed by atoms with E-state index < -0.39 is 0 Å². The number of hydrogen-bond donors (Lipinski definition) is 1. The molecule has 0 fully saturated rings. The van der Waals surface area contributed by atoms with E-state index in [1.165, 1.54) is 0 Å². The third kappa shape index (κ3) is 2.48. The van der Waals surface area contributed by atoms with E-state index in [4.69, 9.17) is 5.26 Å². The van der Waals surface area contributed by atoms with Gasteiger partial charge in [0.1, 0.15) is 5.75 Å². The Kier molecular flexibility index (Phi) is 3.33. The van der Waals surface area contributed by atoms with Crippen LogP contribution in [0.15, 0.2) is 18.2 Å². The van der Waals surface area contributed by atoms with Crippen LogP contribution in [0.25, 0.3) is 0 Å². The normalized spacial score (nSPS) is 9.54. The molecule has 1 N–H and O–H groups in total. The van der Waals surface area contributed by atoms with E-state index in [1.54, 1.807) is 6.07 Å². The predicted molar refractivity (Wildman–Crippen MR) is 51.4 cm³/mol. The highest BCUT2D eigenvalue weighted by Crippen LogP contribution is 2.20. The average Bonchev–Trinajstić information content (AvgIpc) is 2.16. The summed E-state index contributed by atoms with van der Waals surface area (Å²) in [5.74, 6) is 0.314. The van der Waals surface area contributed by atoms with Crippen molar-refractivity contribution in [3.05, 3.63) is 29.3 Å². The highest BCUT2D eigenvalue weighted by molar-refractivity contribution is 5.36. The van der Waals surface area contributed by atoms with Crippen LogP contribution in [0.2, 0.25) is 0 Å². The smallest absolute Gasteiger partial charge is 0.119 e. The third-order valence-corrected chi connectivity index (χ3v) is 2.06. The van der Waals surface area contributed by atoms with Crippen molar-refractivity contribution >= 4 is 0 Å². The molecule has 0 bridgehead atoms. The first-order chi connectivity index (χ1) is 6.27. The van der Waals surface area contributed by atoms with E-state index in [-0.39, 0.29) is 0 Å². The maximum atomic E-state index is 9.54. The molecule has 1 aromatic carbocycles. The first-order valence-electron chi connectivity index (χ1n) is 4.45. The molecule has 0 aromatic heterocycles. The van der Waals surface area contributed by atoms with Crippen LogP contribution >= 0.6 is 0 Å². The van der Waals surface area contributed by atoms with E-state index in [2.05, 4.69) is 6.07 Å². The van der Waals surface area contributed by atoms with Gasteiger partial charge in [-0.05, 0) is 30.0 Å². The molecule has 0 aliphatic heterocycles. The molecular formula is C11H13NO. The van der Waals surface area contributed by atoms with Crippen LogP contribution in [0.4, 0.5) is 0 Å². The van der Waals surface area contributed by atoms with Crippen LogP contribution in [0.3, 0.4) is 0 Å². The van der Waals surface area contributed by atoms with Gasteiger partial charge in [0.2, 0.25) is 0 Å². The van der Waals surface area contributed by atoms with E-state index in [0.29, 0.717) is 18.6 Å². The van der Waals surface area contributed by atoms with Gasteiger partial charge in [0.25, 0.3) is 0 Å². The highest BCUT2D eigenvalue weighted by Gasteiger charge is 2.00. The van der Waals surface area contributed by atoms with Crippen LogP contribution < -0.4 is 0 Å². The topological polar surface area (TPSA) is 44.0 Å². The van der Waals surface area contributed by atoms with Gasteiger partial charge in [0.05, 0.1) is 6.07 Å². The summed E-state index contributed by atoms with van der Waals surface area (Å²) in [6, 6.07) is 7.72. The Morgan fingerprint density at radius 3 is 2.77 bits per heavy atom. The average molecular weight is 175 g/mol. The van der Waals surface area contributed by atoms with Crippen molar-refractivity contribution in [2.24, 2.45) is 0 Å². The Labute approximate surface area is 78.4 Å². The summed E-state index contributed by atoms with van der Waals surface area (Å²) < 4.78 is 0. The van der Waals surface area contributed by atoms with Crippen LogP contribution in [0.1, 0.15) is 24.5 Å². The zero-order valence-electron chi connectivity index (χ0n) is 7.75. The minimum absolute atomic E-state index is 0.314. The van der Waals surface area contributed by atoms with E-state index in [1.807, 2.05) is 19.1 Å². The maximum Gasteiger partial charge on any atom is 0.119 e. The van der Waals surface area contributed by atoms with Crippen molar-refractivity contribution in [1.82, 2.24) is 0 Å². The highest BCUT2D eigenvalue weighted by atomic mass is 16.3. The van der Waals surface area contributed by atoms with Crippen LogP contribution in [-0.2, 0) is 12.8 Å². The fraction of sp³-hybridized carbons (Fsp3) is 0.364. The van der Waals surface area contributed by atoms with Gasteiger partial charge in [0, 0.05) is 6.42 Å². The predicted octanol–water partition coefficient (Wildman–Crippen LogP) is 2.41. The van der Waals surface area contributed by atoms with Crippen molar-refractivity contribution < 1.29 is 5.11 Å². The lowest BCUT2D eigenvalue weighted by atomic mass is 10.1. The second-order valence-electron chi connectivity index (χ2n) is 2.97. The molecule has 2 nitrogen and oxygen atoms in total. The lowest BCUT2D eigenvalue weighted by Gasteiger charge is -2.03. The molecule has 1 rings (SSSR count). The molecule has 0 spiro atoms. The van der Waals surface area contributed by atoms with Gasteiger partial charge >= 0.3 is 0 Å². The molecule has 0 heterocycles. The number of rotatable bonds is 3. The number of aryl methyl sites for hydroxylation is 2. The van der Waals surface area contributed by atoms with Gasteiger partial charge < -0.3 is 5.11 Å². The van der Waals surface area contributed by atoms with Gasteiger partial charge in [-0.15, -0.1) is 0 Å². The molecule has 0 atom stereocenters. The quantitative estimate of drug-likeness (QED) is 0.766. The summed E-state index contributed by atoms with van der Waals surface area (Å²) in [6.45, 7) is 2.05. The molecule has 0 aliphatic rings. The molecule has 2 heteroatoms. The molecule has 0 amide bonds. The Balaban J connectivity index is 2.80. The molecule has 0 saturated heterocycles. The summed E-state index contributed by atoms with van der Waals surface area (Å²) in [6.07, 6.45) is 2.01. The molecule has 0 unspecified atom stereocenters. The van der Waals surface area contributed by atoms with E-state index >= 15 is 0 Å². The van der Waals surface area contributed by atoms with Gasteiger partial charge in [-0.2, -0.15) is 5.26 Å². The van der Waals surface area contributed by atoms with Crippen LogP contribution in [0, 0.1) is 11.3 Å². The number of nitriles is 1. The van der Waals surface area contributed by atoms with E-state index in [9.17, 15) is 5.11 Å². The molecule has 0 saturated carbocycles. The lowest BCUT2D eigenvalue weighted by molar-refractivity contribution is 0.467. The fourth-order valence-corrected chi connectivity index (χ4v) is 1.23. The zero-order chi connectivity index (χ0) is 9.68.